The first-order chi connectivity index (χ1) is 7.72. The lowest BCUT2D eigenvalue weighted by Gasteiger charge is -2.08. The molecule has 1 aromatic carbocycles. The molecule has 3 heteroatoms. The van der Waals surface area contributed by atoms with Crippen molar-refractivity contribution in [3.8, 4) is 0 Å². The van der Waals surface area contributed by atoms with Gasteiger partial charge in [-0.2, -0.15) is 0 Å². The number of aryl methyl sites for hydroxylation is 1. The first kappa shape index (κ1) is 11.6. The summed E-state index contributed by atoms with van der Waals surface area (Å²) < 4.78 is 1.06. The first-order valence-corrected chi connectivity index (χ1v) is 6.21. The topological polar surface area (TPSA) is 24.9 Å². The first-order valence-electron chi connectivity index (χ1n) is 5.41. The van der Waals surface area contributed by atoms with Gasteiger partial charge in [0.1, 0.15) is 0 Å². The SMILES string of the molecule is CNCCc1cc2cccc(Br)c2nc1C. The molecule has 1 heterocycles. The van der Waals surface area contributed by atoms with Crippen LogP contribution in [0, 0.1) is 6.92 Å². The number of nitrogens with zero attached hydrogens (tertiary/aromatic N) is 1. The summed E-state index contributed by atoms with van der Waals surface area (Å²) in [5, 5.41) is 4.37. The number of hydrogen-bond donors (Lipinski definition) is 1. The Morgan fingerprint density at radius 1 is 1.38 bits per heavy atom. The normalized spacial score (nSPS) is 10.9. The van der Waals surface area contributed by atoms with E-state index in [1.54, 1.807) is 0 Å². The van der Waals surface area contributed by atoms with Gasteiger partial charge in [0.2, 0.25) is 0 Å². The molecule has 0 saturated carbocycles. The van der Waals surface area contributed by atoms with Crippen LogP contribution in [0.25, 0.3) is 10.9 Å². The summed E-state index contributed by atoms with van der Waals surface area (Å²) >= 11 is 3.53. The number of hydrogen-bond acceptors (Lipinski definition) is 2. The zero-order valence-corrected chi connectivity index (χ0v) is 11.1. The third-order valence-corrected chi connectivity index (χ3v) is 3.38. The molecule has 0 aliphatic heterocycles. The largest absolute Gasteiger partial charge is 0.319 e. The van der Waals surface area contributed by atoms with Crippen molar-refractivity contribution < 1.29 is 0 Å². The Balaban J connectivity index is 2.50. The van der Waals surface area contributed by atoms with E-state index >= 15 is 0 Å². The number of halogens is 1. The van der Waals surface area contributed by atoms with E-state index in [1.807, 2.05) is 19.2 Å². The van der Waals surface area contributed by atoms with Crippen LogP contribution < -0.4 is 5.32 Å². The summed E-state index contributed by atoms with van der Waals surface area (Å²) in [4.78, 5) is 4.65. The van der Waals surface area contributed by atoms with Crippen molar-refractivity contribution in [3.05, 3.63) is 40.0 Å². The summed E-state index contributed by atoms with van der Waals surface area (Å²) in [5.41, 5.74) is 3.49. The lowest BCUT2D eigenvalue weighted by atomic mass is 10.1. The highest BCUT2D eigenvalue weighted by Crippen LogP contribution is 2.24. The minimum absolute atomic E-state index is 0.988. The fraction of sp³-hybridized carbons (Fsp3) is 0.308. The van der Waals surface area contributed by atoms with E-state index in [0.29, 0.717) is 0 Å². The molecule has 0 atom stereocenters. The minimum Gasteiger partial charge on any atom is -0.319 e. The van der Waals surface area contributed by atoms with Crippen LogP contribution in [0.15, 0.2) is 28.7 Å². The van der Waals surface area contributed by atoms with Crippen molar-refractivity contribution in [1.29, 1.82) is 0 Å². The molecule has 16 heavy (non-hydrogen) atoms. The number of aromatic nitrogens is 1. The van der Waals surface area contributed by atoms with Gasteiger partial charge >= 0.3 is 0 Å². The Kier molecular flexibility index (Phi) is 3.56. The van der Waals surface area contributed by atoms with Crippen LogP contribution >= 0.6 is 15.9 Å². The fourth-order valence-corrected chi connectivity index (χ4v) is 2.28. The number of benzene rings is 1. The molecule has 1 aromatic heterocycles. The molecule has 0 bridgehead atoms. The van der Waals surface area contributed by atoms with Gasteiger partial charge < -0.3 is 5.32 Å². The molecule has 0 aliphatic carbocycles. The Labute approximate surface area is 104 Å². The van der Waals surface area contributed by atoms with Crippen molar-refractivity contribution in [2.45, 2.75) is 13.3 Å². The van der Waals surface area contributed by atoms with Crippen molar-refractivity contribution in [2.75, 3.05) is 13.6 Å². The van der Waals surface area contributed by atoms with Gasteiger partial charge in [-0.25, -0.2) is 0 Å². The predicted molar refractivity (Wildman–Crippen MR) is 71.8 cm³/mol. The van der Waals surface area contributed by atoms with Gasteiger partial charge in [-0.15, -0.1) is 0 Å². The van der Waals surface area contributed by atoms with Crippen LogP contribution in [0.1, 0.15) is 11.3 Å². The smallest absolute Gasteiger partial charge is 0.0847 e. The molecule has 0 fully saturated rings. The average Bonchev–Trinajstić information content (AvgIpc) is 2.28. The molecular weight excluding hydrogens is 264 g/mol. The number of likely N-dealkylation sites (N-methyl/N-ethyl adjacent to an activating group) is 1. The highest BCUT2D eigenvalue weighted by Gasteiger charge is 2.05. The van der Waals surface area contributed by atoms with E-state index in [1.165, 1.54) is 10.9 Å². The Morgan fingerprint density at radius 3 is 2.94 bits per heavy atom. The predicted octanol–water partition coefficient (Wildman–Crippen LogP) is 3.07. The number of nitrogens with one attached hydrogen (secondary N) is 1. The summed E-state index contributed by atoms with van der Waals surface area (Å²) in [7, 11) is 1.97. The Morgan fingerprint density at radius 2 is 2.19 bits per heavy atom. The molecule has 2 nitrogen and oxygen atoms in total. The molecule has 0 radical (unpaired) electrons. The number of fused-ring (bicyclic) bond motifs is 1. The van der Waals surface area contributed by atoms with E-state index in [-0.39, 0.29) is 0 Å². The molecule has 2 rings (SSSR count). The lowest BCUT2D eigenvalue weighted by Crippen LogP contribution is -2.11. The van der Waals surface area contributed by atoms with E-state index in [0.717, 1.165) is 28.6 Å². The summed E-state index contributed by atoms with van der Waals surface area (Å²) in [6.45, 7) is 3.06. The second-order valence-corrected chi connectivity index (χ2v) is 4.75. The standard InChI is InChI=1S/C13H15BrN2/c1-9-10(6-7-15-2)8-11-4-3-5-12(14)13(11)16-9/h3-5,8,15H,6-7H2,1-2H3. The maximum Gasteiger partial charge on any atom is 0.0847 e. The highest BCUT2D eigenvalue weighted by molar-refractivity contribution is 9.10. The number of pyridine rings is 1. The lowest BCUT2D eigenvalue weighted by molar-refractivity contribution is 0.786. The highest BCUT2D eigenvalue weighted by atomic mass is 79.9. The van der Waals surface area contributed by atoms with Gasteiger partial charge in [0.25, 0.3) is 0 Å². The molecule has 2 aromatic rings. The summed E-state index contributed by atoms with van der Waals surface area (Å²) in [5.74, 6) is 0. The summed E-state index contributed by atoms with van der Waals surface area (Å²) in [6.07, 6.45) is 1.03. The van der Waals surface area contributed by atoms with Crippen LogP contribution in [0.3, 0.4) is 0 Å². The molecule has 1 N–H and O–H groups in total. The zero-order valence-electron chi connectivity index (χ0n) is 9.55. The number of para-hydroxylation sites is 1. The van der Waals surface area contributed by atoms with Crippen molar-refractivity contribution >= 4 is 26.8 Å². The maximum absolute atomic E-state index is 4.65. The van der Waals surface area contributed by atoms with Crippen LogP contribution in [0.4, 0.5) is 0 Å². The summed E-state index contributed by atoms with van der Waals surface area (Å²) in [6, 6.07) is 8.42. The van der Waals surface area contributed by atoms with Crippen LogP contribution in [-0.2, 0) is 6.42 Å². The van der Waals surface area contributed by atoms with Gasteiger partial charge in [-0.3, -0.25) is 4.98 Å². The minimum atomic E-state index is 0.988. The van der Waals surface area contributed by atoms with Gasteiger partial charge in [-0.1, -0.05) is 12.1 Å². The van der Waals surface area contributed by atoms with Gasteiger partial charge in [-0.05, 0) is 60.6 Å². The van der Waals surface area contributed by atoms with Crippen molar-refractivity contribution in [2.24, 2.45) is 0 Å². The van der Waals surface area contributed by atoms with E-state index in [9.17, 15) is 0 Å². The molecule has 0 aliphatic rings. The quantitative estimate of drug-likeness (QED) is 0.934. The second kappa shape index (κ2) is 4.93. The Hall–Kier alpha value is -0.930. The van der Waals surface area contributed by atoms with E-state index < -0.39 is 0 Å². The zero-order chi connectivity index (χ0) is 11.5. The second-order valence-electron chi connectivity index (χ2n) is 3.90. The van der Waals surface area contributed by atoms with Crippen molar-refractivity contribution in [3.63, 3.8) is 0 Å². The van der Waals surface area contributed by atoms with Crippen molar-refractivity contribution in [1.82, 2.24) is 10.3 Å². The van der Waals surface area contributed by atoms with Gasteiger partial charge in [0, 0.05) is 15.6 Å². The maximum atomic E-state index is 4.65. The average molecular weight is 279 g/mol. The molecule has 0 amide bonds. The molecule has 0 spiro atoms. The molecule has 0 unspecified atom stereocenters. The third-order valence-electron chi connectivity index (χ3n) is 2.74. The van der Waals surface area contributed by atoms with E-state index in [4.69, 9.17) is 0 Å². The van der Waals surface area contributed by atoms with Crippen LogP contribution in [0.2, 0.25) is 0 Å². The van der Waals surface area contributed by atoms with E-state index in [2.05, 4.69) is 45.3 Å². The monoisotopic (exact) mass is 278 g/mol. The number of rotatable bonds is 3. The molecule has 84 valence electrons. The molecule has 0 saturated heterocycles. The molecular formula is C13H15BrN2. The van der Waals surface area contributed by atoms with Crippen LogP contribution in [-0.4, -0.2) is 18.6 Å². The van der Waals surface area contributed by atoms with Gasteiger partial charge in [0.15, 0.2) is 0 Å². The Bertz CT molecular complexity index is 509. The van der Waals surface area contributed by atoms with Crippen LogP contribution in [0.5, 0.6) is 0 Å². The fourth-order valence-electron chi connectivity index (χ4n) is 1.81. The third kappa shape index (κ3) is 2.25. The van der Waals surface area contributed by atoms with Gasteiger partial charge in [0.05, 0.1) is 5.52 Å².